The van der Waals surface area contributed by atoms with Gasteiger partial charge in [0, 0.05) is 14.1 Å². The van der Waals surface area contributed by atoms with Crippen LogP contribution in [0.25, 0.3) is 6.08 Å². The van der Waals surface area contributed by atoms with Crippen molar-refractivity contribution < 1.29 is 4.79 Å². The number of hydrogen-bond acceptors (Lipinski definition) is 3. The van der Waals surface area contributed by atoms with Crippen LogP contribution < -0.4 is 5.32 Å². The summed E-state index contributed by atoms with van der Waals surface area (Å²) in [6, 6.07) is 10.00. The molecule has 1 N–H and O–H groups in total. The van der Waals surface area contributed by atoms with Gasteiger partial charge >= 0.3 is 6.03 Å². The first-order valence-electron chi connectivity index (χ1n) is 7.36. The molecule has 1 aromatic rings. The molecule has 2 fully saturated rings. The molecule has 3 rings (SSSR count). The fraction of sp³-hybridized carbons (Fsp3) is 0.312. The van der Waals surface area contributed by atoms with Gasteiger partial charge in [0.15, 0.2) is 11.3 Å². The van der Waals surface area contributed by atoms with Crippen molar-refractivity contribution in [2.24, 2.45) is 5.10 Å². The molecule has 2 amide bonds. The number of nitrogens with zero attached hydrogens (tertiary/aromatic N) is 4. The van der Waals surface area contributed by atoms with Gasteiger partial charge in [0.1, 0.15) is 6.17 Å². The highest BCUT2D eigenvalue weighted by atomic mass is 32.1. The van der Waals surface area contributed by atoms with Gasteiger partial charge in [-0.3, -0.25) is 0 Å². The third-order valence-electron chi connectivity index (χ3n) is 4.01. The molecule has 120 valence electrons. The van der Waals surface area contributed by atoms with Gasteiger partial charge < -0.3 is 15.1 Å². The number of fused-ring (bicyclic) bond motifs is 1. The van der Waals surface area contributed by atoms with Crippen molar-refractivity contribution in [1.82, 2.24) is 20.1 Å². The maximum absolute atomic E-state index is 12.0. The topological polar surface area (TPSA) is 51.2 Å². The number of urea groups is 1. The van der Waals surface area contributed by atoms with Crippen molar-refractivity contribution in [3.05, 3.63) is 41.5 Å². The van der Waals surface area contributed by atoms with E-state index in [0.29, 0.717) is 5.11 Å². The van der Waals surface area contributed by atoms with Crippen LogP contribution in [-0.4, -0.2) is 58.6 Å². The fourth-order valence-electron chi connectivity index (χ4n) is 2.80. The molecule has 2 aliphatic heterocycles. The zero-order valence-corrected chi connectivity index (χ0v) is 14.1. The van der Waals surface area contributed by atoms with Crippen LogP contribution in [0.5, 0.6) is 0 Å². The highest BCUT2D eigenvalue weighted by Gasteiger charge is 2.51. The average Bonchev–Trinajstić information content (AvgIpc) is 2.97. The summed E-state index contributed by atoms with van der Waals surface area (Å²) in [6.07, 6.45) is 3.42. The average molecular weight is 329 g/mol. The third kappa shape index (κ3) is 2.79. The van der Waals surface area contributed by atoms with Crippen LogP contribution in [0.1, 0.15) is 12.5 Å². The number of hydrazone groups is 1. The monoisotopic (exact) mass is 329 g/mol. The van der Waals surface area contributed by atoms with E-state index < -0.39 is 0 Å². The molecular weight excluding hydrogens is 310 g/mol. The van der Waals surface area contributed by atoms with Gasteiger partial charge in [0.05, 0.1) is 6.21 Å². The number of hydrogen-bond donors (Lipinski definition) is 1. The van der Waals surface area contributed by atoms with Gasteiger partial charge in [-0.2, -0.15) is 5.10 Å². The predicted molar refractivity (Wildman–Crippen MR) is 94.7 cm³/mol. The first-order chi connectivity index (χ1) is 11.0. The summed E-state index contributed by atoms with van der Waals surface area (Å²) in [5, 5.41) is 9.82. The van der Waals surface area contributed by atoms with Gasteiger partial charge in [-0.1, -0.05) is 36.4 Å². The van der Waals surface area contributed by atoms with Crippen LogP contribution in [0, 0.1) is 0 Å². The van der Waals surface area contributed by atoms with E-state index >= 15 is 0 Å². The maximum atomic E-state index is 12.0. The van der Waals surface area contributed by atoms with Crippen molar-refractivity contribution in [1.29, 1.82) is 0 Å². The molecule has 2 atom stereocenters. The summed E-state index contributed by atoms with van der Waals surface area (Å²) < 4.78 is 0. The summed E-state index contributed by atoms with van der Waals surface area (Å²) in [5.74, 6) is 0. The minimum absolute atomic E-state index is 0.0493. The second-order valence-electron chi connectivity index (χ2n) is 5.70. The molecule has 7 heteroatoms. The van der Waals surface area contributed by atoms with Gasteiger partial charge in [-0.05, 0) is 30.3 Å². The Kier molecular flexibility index (Phi) is 4.04. The molecule has 6 nitrogen and oxygen atoms in total. The van der Waals surface area contributed by atoms with Crippen molar-refractivity contribution in [2.45, 2.75) is 19.3 Å². The number of thiocarbonyl (C=S) groups is 1. The molecular formula is C16H19N5OS. The Balaban J connectivity index is 1.78. The van der Waals surface area contributed by atoms with Crippen LogP contribution in [0.4, 0.5) is 4.79 Å². The highest BCUT2D eigenvalue weighted by Crippen LogP contribution is 2.26. The summed E-state index contributed by atoms with van der Waals surface area (Å²) in [6.45, 7) is 1.98. The van der Waals surface area contributed by atoms with Gasteiger partial charge in [-0.25, -0.2) is 9.80 Å². The molecule has 0 radical (unpaired) electrons. The summed E-state index contributed by atoms with van der Waals surface area (Å²) in [5.41, 5.74) is 2.12. The zero-order valence-electron chi connectivity index (χ0n) is 13.3. The van der Waals surface area contributed by atoms with Crippen LogP contribution in [0.2, 0.25) is 0 Å². The van der Waals surface area contributed by atoms with Crippen molar-refractivity contribution in [3.63, 3.8) is 0 Å². The minimum atomic E-state index is -0.222. The molecule has 2 heterocycles. The molecule has 0 saturated carbocycles. The molecule has 0 bridgehead atoms. The minimum Gasteiger partial charge on any atom is -0.337 e. The second kappa shape index (κ2) is 6.00. The van der Waals surface area contributed by atoms with Crippen molar-refractivity contribution in [2.75, 3.05) is 14.1 Å². The lowest BCUT2D eigenvalue weighted by Crippen LogP contribution is -2.41. The van der Waals surface area contributed by atoms with Crippen molar-refractivity contribution >= 4 is 35.7 Å². The summed E-state index contributed by atoms with van der Waals surface area (Å²) in [7, 11) is 3.52. The lowest BCUT2D eigenvalue weighted by Gasteiger charge is -2.23. The van der Waals surface area contributed by atoms with Gasteiger partial charge in [0.25, 0.3) is 0 Å². The molecule has 0 aliphatic carbocycles. The number of allylic oxidation sites excluding steroid dienone is 1. The lowest BCUT2D eigenvalue weighted by molar-refractivity contribution is 0.174. The number of nitrogens with one attached hydrogen (secondary N) is 1. The molecule has 2 unspecified atom stereocenters. The van der Waals surface area contributed by atoms with E-state index in [1.165, 1.54) is 0 Å². The van der Waals surface area contributed by atoms with Crippen LogP contribution >= 0.6 is 12.2 Å². The second-order valence-corrected chi connectivity index (χ2v) is 6.09. The van der Waals surface area contributed by atoms with Gasteiger partial charge in [-0.15, -0.1) is 0 Å². The SMILES string of the molecule is CC(/C=N/N1C(=S)NC2C1N(C)C(=O)N2C)=C\c1ccccc1. The molecule has 0 aromatic heterocycles. The molecule has 2 saturated heterocycles. The molecule has 2 aliphatic rings. The van der Waals surface area contributed by atoms with Gasteiger partial charge in [0.2, 0.25) is 0 Å². The number of benzene rings is 1. The van der Waals surface area contributed by atoms with Crippen LogP contribution in [0.3, 0.4) is 0 Å². The number of amides is 2. The van der Waals surface area contributed by atoms with E-state index in [1.807, 2.05) is 43.3 Å². The number of carbonyl (C=O) groups is 1. The largest absolute Gasteiger partial charge is 0.337 e. The van der Waals surface area contributed by atoms with Crippen molar-refractivity contribution in [3.8, 4) is 0 Å². The number of likely N-dealkylation sites (N-methyl/N-ethyl adjacent to an activating group) is 2. The van der Waals surface area contributed by atoms with E-state index in [4.69, 9.17) is 12.2 Å². The first kappa shape index (κ1) is 15.5. The van der Waals surface area contributed by atoms with Crippen LogP contribution in [-0.2, 0) is 0 Å². The van der Waals surface area contributed by atoms with E-state index in [2.05, 4.69) is 10.4 Å². The Hall–Kier alpha value is -2.41. The Bertz CT molecular complexity index is 687. The van der Waals surface area contributed by atoms with E-state index in [-0.39, 0.29) is 18.4 Å². The van der Waals surface area contributed by atoms with Crippen LogP contribution in [0.15, 0.2) is 41.0 Å². The number of carbonyl (C=O) groups excluding carboxylic acids is 1. The van der Waals surface area contributed by atoms with E-state index in [9.17, 15) is 4.79 Å². The highest BCUT2D eigenvalue weighted by molar-refractivity contribution is 7.80. The normalized spacial score (nSPS) is 24.7. The Morgan fingerprint density at radius 1 is 1.26 bits per heavy atom. The van der Waals surface area contributed by atoms with E-state index in [0.717, 1.165) is 11.1 Å². The third-order valence-corrected chi connectivity index (χ3v) is 4.31. The molecule has 1 aromatic carbocycles. The standard InChI is InChI=1S/C16H19N5OS/c1-11(9-12-7-5-4-6-8-12)10-17-21-14-13(18-15(21)23)19(2)16(22)20(14)3/h4-10,13-14H,1-3H3,(H,18,23)/b11-9+,17-10+. The smallest absolute Gasteiger partial charge is 0.323 e. The maximum Gasteiger partial charge on any atom is 0.323 e. The fourth-order valence-corrected chi connectivity index (χ4v) is 3.07. The first-order valence-corrected chi connectivity index (χ1v) is 7.76. The molecule has 23 heavy (non-hydrogen) atoms. The lowest BCUT2D eigenvalue weighted by atomic mass is 10.1. The zero-order chi connectivity index (χ0) is 16.6. The Labute approximate surface area is 141 Å². The van der Waals surface area contributed by atoms with E-state index in [1.54, 1.807) is 35.1 Å². The Morgan fingerprint density at radius 2 is 1.96 bits per heavy atom. The summed E-state index contributed by atoms with van der Waals surface area (Å²) >= 11 is 5.34. The Morgan fingerprint density at radius 3 is 2.65 bits per heavy atom. The quantitative estimate of drug-likeness (QED) is 0.680. The summed E-state index contributed by atoms with van der Waals surface area (Å²) in [4.78, 5) is 15.3. The number of rotatable bonds is 3. The molecule has 0 spiro atoms. The predicted octanol–water partition coefficient (Wildman–Crippen LogP) is 1.92.